The van der Waals surface area contributed by atoms with E-state index in [4.69, 9.17) is 0 Å². The normalized spacial score (nSPS) is 11.9. The van der Waals surface area contributed by atoms with Crippen molar-refractivity contribution >= 4 is 14.5 Å². The van der Waals surface area contributed by atoms with Gasteiger partial charge in [-0.15, -0.1) is 0 Å². The van der Waals surface area contributed by atoms with Gasteiger partial charge in [-0.1, -0.05) is 0 Å². The van der Waals surface area contributed by atoms with E-state index in [-0.39, 0.29) is 25.8 Å². The zero-order chi connectivity index (χ0) is 15.9. The molecule has 0 N–H and O–H groups in total. The van der Waals surface area contributed by atoms with E-state index >= 15 is 0 Å². The average molecular weight is 373 g/mol. The third kappa shape index (κ3) is 2.51. The second kappa shape index (κ2) is 5.41. The molecule has 0 aliphatic heterocycles. The third-order valence-electron chi connectivity index (χ3n) is 3.23. The van der Waals surface area contributed by atoms with E-state index < -0.39 is 17.7 Å². The monoisotopic (exact) mass is 374 g/mol. The summed E-state index contributed by atoms with van der Waals surface area (Å²) in [6.45, 7) is 1.37. The number of hydrogen-bond acceptors (Lipinski definition) is 1. The van der Waals surface area contributed by atoms with Crippen LogP contribution in [0.5, 0.6) is 0 Å². The van der Waals surface area contributed by atoms with Gasteiger partial charge in [0.15, 0.2) is 0 Å². The summed E-state index contributed by atoms with van der Waals surface area (Å²) in [5, 5.41) is 3.65. The summed E-state index contributed by atoms with van der Waals surface area (Å²) in [6, 6.07) is 9.22. The molecule has 0 fully saturated rings. The van der Waals surface area contributed by atoms with Crippen molar-refractivity contribution in [1.82, 2.24) is 9.78 Å². The van der Waals surface area contributed by atoms with E-state index in [1.807, 2.05) is 4.94 Å². The van der Waals surface area contributed by atoms with Gasteiger partial charge in [-0.3, -0.25) is 0 Å². The Balaban J connectivity index is 2.32. The van der Waals surface area contributed by atoms with Crippen LogP contribution in [0.1, 0.15) is 11.3 Å². The van der Waals surface area contributed by atoms with E-state index in [1.165, 1.54) is 25.1 Å². The second-order valence-electron chi connectivity index (χ2n) is 4.66. The SMILES string of the molecule is Cc1c(C(F)(F)F)nn(-c2ccccc2F)c1-c1ccc[se]1. The van der Waals surface area contributed by atoms with Gasteiger partial charge in [0.25, 0.3) is 0 Å². The number of hydrogen-bond donors (Lipinski definition) is 0. The van der Waals surface area contributed by atoms with Crippen LogP contribution in [0.25, 0.3) is 15.8 Å². The number of halogens is 4. The van der Waals surface area contributed by atoms with Crippen molar-refractivity contribution in [3.63, 3.8) is 0 Å². The van der Waals surface area contributed by atoms with Gasteiger partial charge in [0.2, 0.25) is 0 Å². The molecule has 0 saturated carbocycles. The van der Waals surface area contributed by atoms with Crippen molar-refractivity contribution in [3.8, 4) is 15.8 Å². The Morgan fingerprint density at radius 1 is 1.09 bits per heavy atom. The molecule has 0 spiro atoms. The molecule has 3 rings (SSSR count). The Kier molecular flexibility index (Phi) is 3.70. The first-order chi connectivity index (χ1) is 10.4. The van der Waals surface area contributed by atoms with Gasteiger partial charge in [-0.05, 0) is 0 Å². The molecule has 1 aromatic carbocycles. The number of nitrogens with zero attached hydrogens (tertiary/aromatic N) is 2. The molecule has 0 bridgehead atoms. The predicted molar refractivity (Wildman–Crippen MR) is 75.6 cm³/mol. The van der Waals surface area contributed by atoms with Gasteiger partial charge >= 0.3 is 129 Å². The molecular weight excluding hydrogens is 363 g/mol. The Bertz CT molecular complexity index is 804. The maximum atomic E-state index is 14.0. The molecule has 0 aliphatic rings. The summed E-state index contributed by atoms with van der Waals surface area (Å²) in [6.07, 6.45) is -4.57. The van der Waals surface area contributed by atoms with Crippen molar-refractivity contribution in [2.45, 2.75) is 13.1 Å². The van der Waals surface area contributed by atoms with Crippen LogP contribution in [-0.4, -0.2) is 24.3 Å². The molecule has 0 radical (unpaired) electrons. The maximum absolute atomic E-state index is 14.0. The standard InChI is InChI=1S/C15H10F4N2Se/c1-9-13(12-7-4-8-22-12)21(20-14(9)15(17,18)19)11-6-3-2-5-10(11)16/h2-8H,1H3. The third-order valence-corrected chi connectivity index (χ3v) is 5.07. The zero-order valence-electron chi connectivity index (χ0n) is 11.4. The van der Waals surface area contributed by atoms with E-state index in [2.05, 4.69) is 5.10 Å². The molecule has 0 unspecified atom stereocenters. The fourth-order valence-corrected chi connectivity index (χ4v) is 3.97. The minimum absolute atomic E-state index is 0.0136. The fourth-order valence-electron chi connectivity index (χ4n) is 2.27. The van der Waals surface area contributed by atoms with Gasteiger partial charge in [-0.2, -0.15) is 0 Å². The van der Waals surface area contributed by atoms with E-state index in [9.17, 15) is 17.6 Å². The number of para-hydroxylation sites is 1. The molecule has 2 heterocycles. The minimum atomic E-state index is -4.57. The Hall–Kier alpha value is -1.85. The quantitative estimate of drug-likeness (QED) is 0.489. The molecule has 3 aromatic rings. The van der Waals surface area contributed by atoms with Crippen LogP contribution >= 0.6 is 0 Å². The molecule has 22 heavy (non-hydrogen) atoms. The van der Waals surface area contributed by atoms with Crippen LogP contribution in [-0.2, 0) is 6.18 Å². The van der Waals surface area contributed by atoms with E-state index in [0.717, 1.165) is 9.12 Å². The van der Waals surface area contributed by atoms with Crippen molar-refractivity contribution in [3.05, 3.63) is 58.4 Å². The molecular formula is C15H10F4N2Se. The fraction of sp³-hybridized carbons (Fsp3) is 0.133. The summed E-state index contributed by atoms with van der Waals surface area (Å²) in [5.74, 6) is -0.612. The van der Waals surface area contributed by atoms with E-state index in [0.29, 0.717) is 5.69 Å². The molecule has 0 aliphatic carbocycles. The van der Waals surface area contributed by atoms with Gasteiger partial charge in [-0.25, -0.2) is 0 Å². The molecule has 2 nitrogen and oxygen atoms in total. The molecule has 114 valence electrons. The van der Waals surface area contributed by atoms with E-state index in [1.54, 1.807) is 18.2 Å². The topological polar surface area (TPSA) is 17.8 Å². The van der Waals surface area contributed by atoms with Gasteiger partial charge in [0, 0.05) is 0 Å². The van der Waals surface area contributed by atoms with Crippen LogP contribution in [0.15, 0.2) is 41.3 Å². The number of rotatable bonds is 2. The van der Waals surface area contributed by atoms with Crippen molar-refractivity contribution in [2.75, 3.05) is 0 Å². The van der Waals surface area contributed by atoms with Crippen molar-refractivity contribution < 1.29 is 17.6 Å². The summed E-state index contributed by atoms with van der Waals surface area (Å²) >= 11 is -0.0866. The molecule has 0 amide bonds. The molecule has 7 heteroatoms. The predicted octanol–water partition coefficient (Wildman–Crippen LogP) is 4.06. The molecule has 2 aromatic heterocycles. The van der Waals surface area contributed by atoms with Gasteiger partial charge < -0.3 is 0 Å². The first kappa shape index (κ1) is 15.1. The second-order valence-corrected chi connectivity index (χ2v) is 6.65. The first-order valence-electron chi connectivity index (χ1n) is 6.35. The van der Waals surface area contributed by atoms with Gasteiger partial charge in [0.05, 0.1) is 0 Å². The number of alkyl halides is 3. The molecule has 0 atom stereocenters. The first-order valence-corrected chi connectivity index (χ1v) is 8.19. The zero-order valence-corrected chi connectivity index (χ0v) is 13.1. The van der Waals surface area contributed by atoms with Crippen molar-refractivity contribution in [2.24, 2.45) is 0 Å². The Morgan fingerprint density at radius 3 is 2.41 bits per heavy atom. The van der Waals surface area contributed by atoms with Crippen LogP contribution < -0.4 is 0 Å². The number of aromatic nitrogens is 2. The summed E-state index contributed by atoms with van der Waals surface area (Å²) in [5.41, 5.74) is -0.621. The number of benzene rings is 1. The van der Waals surface area contributed by atoms with Crippen LogP contribution in [0.4, 0.5) is 17.6 Å². The summed E-state index contributed by atoms with van der Waals surface area (Å²) < 4.78 is 55.3. The van der Waals surface area contributed by atoms with Crippen LogP contribution in [0.2, 0.25) is 0 Å². The van der Waals surface area contributed by atoms with Gasteiger partial charge in [0.1, 0.15) is 0 Å². The summed E-state index contributed by atoms with van der Waals surface area (Å²) in [4.78, 5) is 1.90. The molecule has 0 saturated heterocycles. The summed E-state index contributed by atoms with van der Waals surface area (Å²) in [7, 11) is 0. The Labute approximate surface area is 129 Å². The Morgan fingerprint density at radius 2 is 1.82 bits per heavy atom. The average Bonchev–Trinajstić information content (AvgIpc) is 3.05. The van der Waals surface area contributed by atoms with Crippen molar-refractivity contribution in [1.29, 1.82) is 0 Å². The van der Waals surface area contributed by atoms with Crippen LogP contribution in [0, 0.1) is 12.7 Å². The van der Waals surface area contributed by atoms with Crippen LogP contribution in [0.3, 0.4) is 0 Å².